The van der Waals surface area contributed by atoms with Crippen molar-refractivity contribution in [2.45, 2.75) is 32.9 Å². The lowest BCUT2D eigenvalue weighted by Gasteiger charge is -2.19. The summed E-state index contributed by atoms with van der Waals surface area (Å²) in [5, 5.41) is 5.60. The van der Waals surface area contributed by atoms with Gasteiger partial charge < -0.3 is 21.1 Å². The maximum Gasteiger partial charge on any atom is 0.407 e. The molecule has 0 spiro atoms. The number of nitrogens with one attached hydrogen (secondary N) is 2. The van der Waals surface area contributed by atoms with Crippen LogP contribution >= 0.6 is 0 Å². The molecule has 0 aliphatic carbocycles. The quantitative estimate of drug-likeness (QED) is 0.731. The van der Waals surface area contributed by atoms with Crippen molar-refractivity contribution in [3.8, 4) is 0 Å². The van der Waals surface area contributed by atoms with Gasteiger partial charge in [0.25, 0.3) is 0 Å². The van der Waals surface area contributed by atoms with E-state index in [1.54, 1.807) is 12.3 Å². The Morgan fingerprint density at radius 1 is 1.47 bits per heavy atom. The van der Waals surface area contributed by atoms with Crippen LogP contribution in [0, 0.1) is 0 Å². The zero-order valence-corrected chi connectivity index (χ0v) is 11.6. The van der Waals surface area contributed by atoms with E-state index < -0.39 is 11.7 Å². The maximum atomic E-state index is 11.5. The standard InChI is InChI=1S/C12H21N5O2/c1-12(2,3)19-11(18)16-8-9-4-6-14-10(17-9)15-7-5-13/h4,6H,5,7-8,13H2,1-3H3,(H,16,18)(H,14,15,17). The van der Waals surface area contributed by atoms with Gasteiger partial charge in [0.2, 0.25) is 5.95 Å². The molecule has 7 nitrogen and oxygen atoms in total. The first-order valence-electron chi connectivity index (χ1n) is 6.13. The second kappa shape index (κ2) is 6.89. The summed E-state index contributed by atoms with van der Waals surface area (Å²) in [6.45, 7) is 6.83. The van der Waals surface area contributed by atoms with Crippen molar-refractivity contribution in [2.24, 2.45) is 5.73 Å². The van der Waals surface area contributed by atoms with Crippen LogP contribution in [0.5, 0.6) is 0 Å². The minimum atomic E-state index is -0.510. The molecule has 1 aromatic rings. The molecule has 7 heteroatoms. The molecule has 0 aliphatic rings. The van der Waals surface area contributed by atoms with E-state index in [1.807, 2.05) is 20.8 Å². The van der Waals surface area contributed by atoms with Gasteiger partial charge in [-0.1, -0.05) is 0 Å². The number of hydrogen-bond donors (Lipinski definition) is 3. The summed E-state index contributed by atoms with van der Waals surface area (Å²) in [5.41, 5.74) is 5.56. The summed E-state index contributed by atoms with van der Waals surface area (Å²) >= 11 is 0. The molecule has 0 atom stereocenters. The predicted octanol–water partition coefficient (Wildman–Crippen LogP) is 0.872. The molecule has 1 aromatic heterocycles. The first-order valence-corrected chi connectivity index (χ1v) is 6.13. The van der Waals surface area contributed by atoms with E-state index >= 15 is 0 Å². The third kappa shape index (κ3) is 6.56. The highest BCUT2D eigenvalue weighted by atomic mass is 16.6. The highest BCUT2D eigenvalue weighted by Gasteiger charge is 2.15. The number of carbonyl (C=O) groups excluding carboxylic acids is 1. The number of anilines is 1. The van der Waals surface area contributed by atoms with Gasteiger partial charge in [0, 0.05) is 19.3 Å². The van der Waals surface area contributed by atoms with Crippen LogP contribution in [0.25, 0.3) is 0 Å². The van der Waals surface area contributed by atoms with Crippen LogP contribution in [0.2, 0.25) is 0 Å². The van der Waals surface area contributed by atoms with Gasteiger partial charge in [0.15, 0.2) is 0 Å². The molecule has 0 aromatic carbocycles. The number of rotatable bonds is 5. The summed E-state index contributed by atoms with van der Waals surface area (Å²) < 4.78 is 5.13. The van der Waals surface area contributed by atoms with E-state index in [0.717, 1.165) is 0 Å². The van der Waals surface area contributed by atoms with Crippen molar-refractivity contribution in [2.75, 3.05) is 18.4 Å². The van der Waals surface area contributed by atoms with Gasteiger partial charge in [-0.05, 0) is 26.8 Å². The number of carbonyl (C=O) groups is 1. The van der Waals surface area contributed by atoms with Gasteiger partial charge in [-0.15, -0.1) is 0 Å². The van der Waals surface area contributed by atoms with Crippen molar-refractivity contribution >= 4 is 12.0 Å². The predicted molar refractivity (Wildman–Crippen MR) is 72.6 cm³/mol. The molecule has 1 heterocycles. The number of alkyl carbamates (subject to hydrolysis) is 1. The SMILES string of the molecule is CC(C)(C)OC(=O)NCc1ccnc(NCCN)n1. The Bertz CT molecular complexity index is 417. The summed E-state index contributed by atoms with van der Waals surface area (Å²) in [5.74, 6) is 0.494. The van der Waals surface area contributed by atoms with E-state index in [4.69, 9.17) is 10.5 Å². The number of amides is 1. The van der Waals surface area contributed by atoms with Gasteiger partial charge in [-0.25, -0.2) is 14.8 Å². The number of nitrogens with two attached hydrogens (primary N) is 1. The van der Waals surface area contributed by atoms with Gasteiger partial charge in [-0.3, -0.25) is 0 Å². The summed E-state index contributed by atoms with van der Waals surface area (Å²) in [4.78, 5) is 19.8. The van der Waals surface area contributed by atoms with Crippen LogP contribution in [0.1, 0.15) is 26.5 Å². The third-order valence-electron chi connectivity index (χ3n) is 1.95. The molecule has 106 valence electrons. The monoisotopic (exact) mass is 267 g/mol. The van der Waals surface area contributed by atoms with E-state index in [9.17, 15) is 4.79 Å². The number of hydrogen-bond acceptors (Lipinski definition) is 6. The molecule has 1 rings (SSSR count). The number of nitrogens with zero attached hydrogens (tertiary/aromatic N) is 2. The smallest absolute Gasteiger partial charge is 0.407 e. The van der Waals surface area contributed by atoms with Crippen LogP contribution in [0.3, 0.4) is 0 Å². The molecule has 0 saturated heterocycles. The fourth-order valence-electron chi connectivity index (χ4n) is 1.24. The Kier molecular flexibility index (Phi) is 5.50. The van der Waals surface area contributed by atoms with Crippen LogP contribution in [-0.4, -0.2) is 34.8 Å². The second-order valence-electron chi connectivity index (χ2n) is 4.94. The van der Waals surface area contributed by atoms with Gasteiger partial charge in [-0.2, -0.15) is 0 Å². The van der Waals surface area contributed by atoms with Crippen LogP contribution in [-0.2, 0) is 11.3 Å². The third-order valence-corrected chi connectivity index (χ3v) is 1.95. The highest BCUT2D eigenvalue weighted by Crippen LogP contribution is 2.07. The summed E-state index contributed by atoms with van der Waals surface area (Å²) in [7, 11) is 0. The number of aromatic nitrogens is 2. The topological polar surface area (TPSA) is 102 Å². The molecular weight excluding hydrogens is 246 g/mol. The highest BCUT2D eigenvalue weighted by molar-refractivity contribution is 5.67. The van der Waals surface area contributed by atoms with Crippen molar-refractivity contribution < 1.29 is 9.53 Å². The van der Waals surface area contributed by atoms with E-state index in [0.29, 0.717) is 24.7 Å². The maximum absolute atomic E-state index is 11.5. The average molecular weight is 267 g/mol. The van der Waals surface area contributed by atoms with Crippen molar-refractivity contribution in [3.63, 3.8) is 0 Å². The Balaban J connectivity index is 2.46. The average Bonchev–Trinajstić information content (AvgIpc) is 2.32. The lowest BCUT2D eigenvalue weighted by atomic mass is 10.2. The van der Waals surface area contributed by atoms with Crippen LogP contribution < -0.4 is 16.4 Å². The van der Waals surface area contributed by atoms with E-state index in [2.05, 4.69) is 20.6 Å². The molecule has 0 saturated carbocycles. The first-order chi connectivity index (χ1) is 8.90. The normalized spacial score (nSPS) is 10.9. The Labute approximate surface area is 113 Å². The zero-order valence-electron chi connectivity index (χ0n) is 11.6. The summed E-state index contributed by atoms with van der Waals surface area (Å²) in [6.07, 6.45) is 1.15. The Morgan fingerprint density at radius 2 is 2.21 bits per heavy atom. The van der Waals surface area contributed by atoms with Crippen molar-refractivity contribution in [1.29, 1.82) is 0 Å². The molecule has 0 radical (unpaired) electrons. The Hall–Kier alpha value is -1.89. The Morgan fingerprint density at radius 3 is 2.84 bits per heavy atom. The minimum absolute atomic E-state index is 0.286. The van der Waals surface area contributed by atoms with Crippen LogP contribution in [0.4, 0.5) is 10.7 Å². The molecule has 0 unspecified atom stereocenters. The molecular formula is C12H21N5O2. The fourth-order valence-corrected chi connectivity index (χ4v) is 1.24. The fraction of sp³-hybridized carbons (Fsp3) is 0.583. The van der Waals surface area contributed by atoms with Crippen LogP contribution in [0.15, 0.2) is 12.3 Å². The molecule has 0 bridgehead atoms. The lowest BCUT2D eigenvalue weighted by Crippen LogP contribution is -2.32. The molecule has 0 aliphatic heterocycles. The molecule has 4 N–H and O–H groups in total. The molecule has 0 fully saturated rings. The zero-order chi connectivity index (χ0) is 14.3. The number of ether oxygens (including phenoxy) is 1. The van der Waals surface area contributed by atoms with Gasteiger partial charge in [0.05, 0.1) is 12.2 Å². The van der Waals surface area contributed by atoms with Crippen molar-refractivity contribution in [3.05, 3.63) is 18.0 Å². The largest absolute Gasteiger partial charge is 0.444 e. The first kappa shape index (κ1) is 15.2. The minimum Gasteiger partial charge on any atom is -0.444 e. The summed E-state index contributed by atoms with van der Waals surface area (Å²) in [6, 6.07) is 1.73. The van der Waals surface area contributed by atoms with Gasteiger partial charge >= 0.3 is 6.09 Å². The lowest BCUT2D eigenvalue weighted by molar-refractivity contribution is 0.0523. The van der Waals surface area contributed by atoms with Crippen molar-refractivity contribution in [1.82, 2.24) is 15.3 Å². The molecule has 19 heavy (non-hydrogen) atoms. The van der Waals surface area contributed by atoms with E-state index in [-0.39, 0.29) is 6.54 Å². The molecule has 1 amide bonds. The van der Waals surface area contributed by atoms with Gasteiger partial charge in [0.1, 0.15) is 5.60 Å². The second-order valence-corrected chi connectivity index (χ2v) is 4.94. The van der Waals surface area contributed by atoms with E-state index in [1.165, 1.54) is 0 Å².